The molecule has 4 nitrogen and oxygen atoms in total. The first-order valence-electron chi connectivity index (χ1n) is 6.76. The first kappa shape index (κ1) is 13.9. The van der Waals surface area contributed by atoms with E-state index in [1.165, 1.54) is 6.07 Å². The van der Waals surface area contributed by atoms with Crippen LogP contribution in [0.15, 0.2) is 12.1 Å². The van der Waals surface area contributed by atoms with Gasteiger partial charge in [0.1, 0.15) is 0 Å². The summed E-state index contributed by atoms with van der Waals surface area (Å²) < 4.78 is 19.1. The van der Waals surface area contributed by atoms with Gasteiger partial charge in [0, 0.05) is 25.2 Å². The van der Waals surface area contributed by atoms with Gasteiger partial charge in [-0.05, 0) is 19.3 Å². The summed E-state index contributed by atoms with van der Waals surface area (Å²) in [5.74, 6) is -0.177. The van der Waals surface area contributed by atoms with Gasteiger partial charge in [-0.15, -0.1) is 0 Å². The third-order valence-corrected chi connectivity index (χ3v) is 3.35. The molecule has 2 rings (SSSR count). The third-order valence-electron chi connectivity index (χ3n) is 3.35. The SMILES string of the molecule is CCCOc1cc(N2CCC(O)CC2)c(N)cc1F. The number of rotatable bonds is 4. The first-order valence-corrected chi connectivity index (χ1v) is 6.76. The second-order valence-electron chi connectivity index (χ2n) is 4.91. The van der Waals surface area contributed by atoms with Crippen molar-refractivity contribution < 1.29 is 14.2 Å². The van der Waals surface area contributed by atoms with E-state index in [2.05, 4.69) is 4.90 Å². The number of benzene rings is 1. The second kappa shape index (κ2) is 6.10. The lowest BCUT2D eigenvalue weighted by molar-refractivity contribution is 0.145. The topological polar surface area (TPSA) is 58.7 Å². The van der Waals surface area contributed by atoms with E-state index in [9.17, 15) is 9.50 Å². The number of nitrogens with two attached hydrogens (primary N) is 1. The van der Waals surface area contributed by atoms with E-state index in [4.69, 9.17) is 10.5 Å². The minimum Gasteiger partial charge on any atom is -0.490 e. The van der Waals surface area contributed by atoms with Crippen LogP contribution in [0.1, 0.15) is 26.2 Å². The molecule has 1 aliphatic rings. The maximum atomic E-state index is 13.7. The summed E-state index contributed by atoms with van der Waals surface area (Å²) in [6.45, 7) is 3.91. The largest absolute Gasteiger partial charge is 0.490 e. The molecule has 106 valence electrons. The predicted octanol–water partition coefficient (Wildman–Crippen LogP) is 2.16. The zero-order chi connectivity index (χ0) is 13.8. The Hall–Kier alpha value is -1.49. The van der Waals surface area contributed by atoms with Crippen molar-refractivity contribution in [3.8, 4) is 5.75 Å². The van der Waals surface area contributed by atoms with Gasteiger partial charge in [-0.2, -0.15) is 0 Å². The van der Waals surface area contributed by atoms with Crippen molar-refractivity contribution in [2.24, 2.45) is 0 Å². The van der Waals surface area contributed by atoms with E-state index < -0.39 is 5.82 Å². The maximum Gasteiger partial charge on any atom is 0.167 e. The number of hydrogen-bond donors (Lipinski definition) is 2. The summed E-state index contributed by atoms with van der Waals surface area (Å²) in [4.78, 5) is 2.07. The molecule has 1 aromatic rings. The number of piperidine rings is 1. The number of halogens is 1. The van der Waals surface area contributed by atoms with Gasteiger partial charge in [-0.3, -0.25) is 0 Å². The molecule has 1 saturated heterocycles. The Morgan fingerprint density at radius 2 is 2.11 bits per heavy atom. The molecule has 0 saturated carbocycles. The molecule has 1 aromatic carbocycles. The van der Waals surface area contributed by atoms with Gasteiger partial charge in [-0.1, -0.05) is 6.92 Å². The van der Waals surface area contributed by atoms with E-state index in [0.29, 0.717) is 25.1 Å². The molecule has 0 spiro atoms. The highest BCUT2D eigenvalue weighted by molar-refractivity contribution is 5.70. The minimum atomic E-state index is -0.424. The number of nitrogens with zero attached hydrogens (tertiary/aromatic N) is 1. The Balaban J connectivity index is 2.19. The van der Waals surface area contributed by atoms with Gasteiger partial charge in [-0.25, -0.2) is 4.39 Å². The fourth-order valence-corrected chi connectivity index (χ4v) is 2.26. The number of nitrogen functional groups attached to an aromatic ring is 1. The van der Waals surface area contributed by atoms with Gasteiger partial charge in [0.25, 0.3) is 0 Å². The fourth-order valence-electron chi connectivity index (χ4n) is 2.26. The summed E-state index contributed by atoms with van der Waals surface area (Å²) in [5.41, 5.74) is 7.09. The molecule has 0 radical (unpaired) electrons. The van der Waals surface area contributed by atoms with Crippen LogP contribution >= 0.6 is 0 Å². The molecule has 0 bridgehead atoms. The lowest BCUT2D eigenvalue weighted by Crippen LogP contribution is -2.36. The van der Waals surface area contributed by atoms with Gasteiger partial charge < -0.3 is 20.5 Å². The van der Waals surface area contributed by atoms with Gasteiger partial charge >= 0.3 is 0 Å². The molecule has 5 heteroatoms. The Morgan fingerprint density at radius 3 is 2.74 bits per heavy atom. The first-order chi connectivity index (χ1) is 9.11. The molecule has 0 aromatic heterocycles. The van der Waals surface area contributed by atoms with E-state index in [1.807, 2.05) is 6.92 Å². The van der Waals surface area contributed by atoms with Crippen LogP contribution in [0.5, 0.6) is 5.75 Å². The van der Waals surface area contributed by atoms with E-state index in [-0.39, 0.29) is 11.9 Å². The highest BCUT2D eigenvalue weighted by Crippen LogP contribution is 2.32. The Kier molecular flexibility index (Phi) is 4.47. The fraction of sp³-hybridized carbons (Fsp3) is 0.571. The van der Waals surface area contributed by atoms with Crippen molar-refractivity contribution in [3.05, 3.63) is 17.9 Å². The summed E-state index contributed by atoms with van der Waals surface area (Å²) in [7, 11) is 0. The zero-order valence-corrected chi connectivity index (χ0v) is 11.2. The molecular formula is C14H21FN2O2. The van der Waals surface area contributed by atoms with Crippen molar-refractivity contribution in [3.63, 3.8) is 0 Å². The maximum absolute atomic E-state index is 13.7. The van der Waals surface area contributed by atoms with Crippen LogP contribution in [0.25, 0.3) is 0 Å². The molecule has 1 aliphatic heterocycles. The second-order valence-corrected chi connectivity index (χ2v) is 4.91. The molecule has 0 amide bonds. The van der Waals surface area contributed by atoms with E-state index >= 15 is 0 Å². The minimum absolute atomic E-state index is 0.242. The molecule has 0 aliphatic carbocycles. The van der Waals surface area contributed by atoms with Crippen LogP contribution in [0.3, 0.4) is 0 Å². The highest BCUT2D eigenvalue weighted by atomic mass is 19.1. The lowest BCUT2D eigenvalue weighted by Gasteiger charge is -2.32. The lowest BCUT2D eigenvalue weighted by atomic mass is 10.1. The number of aliphatic hydroxyl groups excluding tert-OH is 1. The average Bonchev–Trinajstić information content (AvgIpc) is 2.39. The highest BCUT2D eigenvalue weighted by Gasteiger charge is 2.20. The van der Waals surface area contributed by atoms with Crippen molar-refractivity contribution in [2.75, 3.05) is 30.3 Å². The van der Waals surface area contributed by atoms with Crippen molar-refractivity contribution in [1.82, 2.24) is 0 Å². The zero-order valence-electron chi connectivity index (χ0n) is 11.2. The normalized spacial score (nSPS) is 16.7. The molecule has 0 unspecified atom stereocenters. The Bertz CT molecular complexity index is 432. The molecule has 1 heterocycles. The quantitative estimate of drug-likeness (QED) is 0.822. The van der Waals surface area contributed by atoms with Crippen LogP contribution in [-0.2, 0) is 0 Å². The van der Waals surface area contributed by atoms with Crippen LogP contribution in [-0.4, -0.2) is 30.9 Å². The molecule has 0 atom stereocenters. The van der Waals surface area contributed by atoms with Crippen LogP contribution in [0.4, 0.5) is 15.8 Å². The molecule has 1 fully saturated rings. The number of anilines is 2. The summed E-state index contributed by atoms with van der Waals surface area (Å²) in [6.07, 6.45) is 2.01. The predicted molar refractivity (Wildman–Crippen MR) is 74.1 cm³/mol. The third kappa shape index (κ3) is 3.29. The molecule has 19 heavy (non-hydrogen) atoms. The monoisotopic (exact) mass is 268 g/mol. The van der Waals surface area contributed by atoms with Crippen LogP contribution in [0, 0.1) is 5.82 Å². The standard InChI is InChI=1S/C14H21FN2O2/c1-2-7-19-14-9-13(12(16)8-11(14)15)17-5-3-10(18)4-6-17/h8-10,18H,2-7,16H2,1H3. The van der Waals surface area contributed by atoms with Crippen molar-refractivity contribution in [1.29, 1.82) is 0 Å². The van der Waals surface area contributed by atoms with Gasteiger partial charge in [0.05, 0.1) is 24.1 Å². The Labute approximate surface area is 113 Å². The van der Waals surface area contributed by atoms with E-state index in [0.717, 1.165) is 25.2 Å². The average molecular weight is 268 g/mol. The van der Waals surface area contributed by atoms with Crippen molar-refractivity contribution in [2.45, 2.75) is 32.3 Å². The summed E-state index contributed by atoms with van der Waals surface area (Å²) >= 11 is 0. The number of hydrogen-bond acceptors (Lipinski definition) is 4. The molecule has 3 N–H and O–H groups in total. The number of ether oxygens (including phenoxy) is 1. The van der Waals surface area contributed by atoms with Gasteiger partial charge in [0.2, 0.25) is 0 Å². The van der Waals surface area contributed by atoms with Crippen molar-refractivity contribution >= 4 is 11.4 Å². The van der Waals surface area contributed by atoms with E-state index in [1.54, 1.807) is 6.07 Å². The van der Waals surface area contributed by atoms with Crippen LogP contribution in [0.2, 0.25) is 0 Å². The summed E-state index contributed by atoms with van der Waals surface area (Å²) in [5, 5.41) is 9.52. The molecular weight excluding hydrogens is 247 g/mol. The smallest absolute Gasteiger partial charge is 0.167 e. The number of aliphatic hydroxyl groups is 1. The van der Waals surface area contributed by atoms with Gasteiger partial charge in [0.15, 0.2) is 11.6 Å². The summed E-state index contributed by atoms with van der Waals surface area (Å²) in [6, 6.07) is 2.98. The Morgan fingerprint density at radius 1 is 1.42 bits per heavy atom. The van der Waals surface area contributed by atoms with Crippen LogP contribution < -0.4 is 15.4 Å².